The van der Waals surface area contributed by atoms with E-state index in [9.17, 15) is 13.2 Å². The van der Waals surface area contributed by atoms with Crippen molar-refractivity contribution >= 4 is 7.32 Å². The van der Waals surface area contributed by atoms with Crippen LogP contribution in [0.5, 0.6) is 11.5 Å². The fourth-order valence-corrected chi connectivity index (χ4v) is 1.06. The van der Waals surface area contributed by atoms with E-state index in [-0.39, 0.29) is 11.3 Å². The molecule has 0 heterocycles. The van der Waals surface area contributed by atoms with Crippen LogP contribution in [0.15, 0.2) is 18.2 Å². The van der Waals surface area contributed by atoms with E-state index in [0.29, 0.717) is 0 Å². The van der Waals surface area contributed by atoms with Gasteiger partial charge in [-0.25, -0.2) is 0 Å². The van der Waals surface area contributed by atoms with Crippen LogP contribution in [0.1, 0.15) is 5.56 Å². The fourth-order valence-electron chi connectivity index (χ4n) is 1.06. The van der Waals surface area contributed by atoms with Crippen molar-refractivity contribution in [2.75, 3.05) is 0 Å². The van der Waals surface area contributed by atoms with E-state index < -0.39 is 19.4 Å². The molecule has 2 N–H and O–H groups in total. The van der Waals surface area contributed by atoms with E-state index in [0.717, 1.165) is 18.2 Å². The molecule has 8 heteroatoms. The Bertz CT molecular complexity index is 367. The van der Waals surface area contributed by atoms with Gasteiger partial charge in [-0.2, -0.15) is 0 Å². The molecule has 16 heavy (non-hydrogen) atoms. The van der Waals surface area contributed by atoms with Crippen LogP contribution in [0.4, 0.5) is 13.2 Å². The second-order valence-corrected chi connectivity index (χ2v) is 2.92. The van der Waals surface area contributed by atoms with Gasteiger partial charge in [-0.1, -0.05) is 0 Å². The summed E-state index contributed by atoms with van der Waals surface area (Å²) in [5.41, 5.74) is 0.287. The van der Waals surface area contributed by atoms with Gasteiger partial charge in [-0.05, 0) is 30.7 Å². The van der Waals surface area contributed by atoms with Crippen molar-refractivity contribution in [3.63, 3.8) is 0 Å². The van der Waals surface area contributed by atoms with E-state index in [1.165, 1.54) is 6.92 Å². The average Bonchev–Trinajstić information content (AvgIpc) is 2.06. The molecule has 0 aromatic heterocycles. The second kappa shape index (κ2) is 4.62. The lowest BCUT2D eigenvalue weighted by Crippen LogP contribution is -2.21. The Hall–Kier alpha value is -1.41. The van der Waals surface area contributed by atoms with Crippen molar-refractivity contribution in [3.05, 3.63) is 23.8 Å². The maximum Gasteiger partial charge on any atom is 0.707 e. The molecule has 1 rings (SSSR count). The monoisotopic (exact) mass is 236 g/mol. The summed E-state index contributed by atoms with van der Waals surface area (Å²) >= 11 is 0. The van der Waals surface area contributed by atoms with Crippen LogP contribution in [0.3, 0.4) is 0 Å². The summed E-state index contributed by atoms with van der Waals surface area (Å²) in [6.45, 7) is 1.45. The molecule has 0 fully saturated rings. The standard InChI is InChI=1S/C8H8BF3O4/c1-5-4-6(15-8(10,11)12)2-3-7(5)16-9(13)14/h2-4,13-14H,1H3. The minimum atomic E-state index is -4.76. The summed E-state index contributed by atoms with van der Waals surface area (Å²) in [5, 5.41) is 17.0. The van der Waals surface area contributed by atoms with Crippen molar-refractivity contribution in [1.29, 1.82) is 0 Å². The molecule has 0 aliphatic rings. The predicted octanol–water partition coefficient (Wildman–Crippen LogP) is 1.24. The van der Waals surface area contributed by atoms with E-state index in [1.807, 2.05) is 0 Å². The molecule has 1 aromatic carbocycles. The van der Waals surface area contributed by atoms with Gasteiger partial charge in [0.05, 0.1) is 0 Å². The van der Waals surface area contributed by atoms with Gasteiger partial charge in [-0.3, -0.25) is 0 Å². The highest BCUT2D eigenvalue weighted by Crippen LogP contribution is 2.27. The highest BCUT2D eigenvalue weighted by molar-refractivity contribution is 6.33. The van der Waals surface area contributed by atoms with Gasteiger partial charge in [0, 0.05) is 0 Å². The highest BCUT2D eigenvalue weighted by atomic mass is 19.4. The van der Waals surface area contributed by atoms with Gasteiger partial charge >= 0.3 is 13.7 Å². The van der Waals surface area contributed by atoms with E-state index in [4.69, 9.17) is 10.0 Å². The largest absolute Gasteiger partial charge is 0.707 e. The fraction of sp³-hybridized carbons (Fsp3) is 0.250. The first-order valence-electron chi connectivity index (χ1n) is 4.17. The Morgan fingerprint density at radius 3 is 2.31 bits per heavy atom. The zero-order valence-electron chi connectivity index (χ0n) is 8.15. The van der Waals surface area contributed by atoms with Gasteiger partial charge in [0.1, 0.15) is 11.5 Å². The number of hydrogen-bond acceptors (Lipinski definition) is 4. The highest BCUT2D eigenvalue weighted by Gasteiger charge is 2.31. The molecule has 0 aliphatic heterocycles. The van der Waals surface area contributed by atoms with Crippen molar-refractivity contribution in [2.24, 2.45) is 0 Å². The number of ether oxygens (including phenoxy) is 1. The zero-order chi connectivity index (χ0) is 12.3. The van der Waals surface area contributed by atoms with Crippen LogP contribution >= 0.6 is 0 Å². The lowest BCUT2D eigenvalue weighted by Gasteiger charge is -2.12. The molecule has 0 saturated heterocycles. The lowest BCUT2D eigenvalue weighted by atomic mass is 10.2. The molecule has 88 valence electrons. The van der Waals surface area contributed by atoms with Crippen LogP contribution in [-0.4, -0.2) is 23.7 Å². The molecular weight excluding hydrogens is 228 g/mol. The molecule has 0 atom stereocenters. The van der Waals surface area contributed by atoms with E-state index >= 15 is 0 Å². The first-order chi connectivity index (χ1) is 7.28. The number of alkyl halides is 3. The molecule has 4 nitrogen and oxygen atoms in total. The Balaban J connectivity index is 2.83. The zero-order valence-corrected chi connectivity index (χ0v) is 8.15. The predicted molar refractivity (Wildman–Crippen MR) is 48.7 cm³/mol. The minimum Gasteiger partial charge on any atom is -0.512 e. The first-order valence-corrected chi connectivity index (χ1v) is 4.17. The first kappa shape index (κ1) is 12.7. The molecule has 0 aliphatic carbocycles. The maximum absolute atomic E-state index is 11.9. The third-order valence-corrected chi connectivity index (χ3v) is 1.61. The van der Waals surface area contributed by atoms with Crippen LogP contribution < -0.4 is 9.39 Å². The van der Waals surface area contributed by atoms with Crippen molar-refractivity contribution in [2.45, 2.75) is 13.3 Å². The van der Waals surface area contributed by atoms with Gasteiger partial charge in [0.15, 0.2) is 0 Å². The van der Waals surface area contributed by atoms with E-state index in [2.05, 4.69) is 9.39 Å². The smallest absolute Gasteiger partial charge is 0.512 e. The Labute approximate surface area is 89.4 Å². The van der Waals surface area contributed by atoms with Crippen LogP contribution in [0, 0.1) is 6.92 Å². The Kier molecular flexibility index (Phi) is 3.66. The van der Waals surface area contributed by atoms with Gasteiger partial charge < -0.3 is 19.4 Å². The number of aryl methyl sites for hydroxylation is 1. The molecule has 0 saturated carbocycles. The van der Waals surface area contributed by atoms with Crippen LogP contribution in [0.2, 0.25) is 0 Å². The summed E-state index contributed by atoms with van der Waals surface area (Å²) in [4.78, 5) is 0. The summed E-state index contributed by atoms with van der Waals surface area (Å²) < 4.78 is 43.7. The van der Waals surface area contributed by atoms with Crippen molar-refractivity contribution in [1.82, 2.24) is 0 Å². The summed E-state index contributed by atoms with van der Waals surface area (Å²) in [7, 11) is -2.02. The Morgan fingerprint density at radius 2 is 1.88 bits per heavy atom. The van der Waals surface area contributed by atoms with Crippen molar-refractivity contribution in [3.8, 4) is 11.5 Å². The quantitative estimate of drug-likeness (QED) is 0.775. The summed E-state index contributed by atoms with van der Waals surface area (Å²) in [5.74, 6) is -0.339. The van der Waals surface area contributed by atoms with Gasteiger partial charge in [-0.15, -0.1) is 13.2 Å². The van der Waals surface area contributed by atoms with Gasteiger partial charge in [0.2, 0.25) is 0 Å². The van der Waals surface area contributed by atoms with Crippen LogP contribution in [-0.2, 0) is 0 Å². The SMILES string of the molecule is Cc1cc(OC(F)(F)F)ccc1OB(O)O. The number of hydrogen-bond donors (Lipinski definition) is 2. The molecule has 1 aromatic rings. The van der Waals surface area contributed by atoms with E-state index in [1.54, 1.807) is 0 Å². The molecule has 0 radical (unpaired) electrons. The summed E-state index contributed by atoms with van der Waals surface area (Å²) in [6, 6.07) is 3.24. The second-order valence-electron chi connectivity index (χ2n) is 2.92. The van der Waals surface area contributed by atoms with Crippen LogP contribution in [0.25, 0.3) is 0 Å². The number of benzene rings is 1. The number of halogens is 3. The topological polar surface area (TPSA) is 58.9 Å². The third-order valence-electron chi connectivity index (χ3n) is 1.61. The lowest BCUT2D eigenvalue weighted by molar-refractivity contribution is -0.274. The molecule has 0 spiro atoms. The Morgan fingerprint density at radius 1 is 1.25 bits per heavy atom. The molecular formula is C8H8BF3O4. The minimum absolute atomic E-state index is 0.0597. The van der Waals surface area contributed by atoms with Crippen molar-refractivity contribution < 1.29 is 32.6 Å². The average molecular weight is 236 g/mol. The normalized spacial score (nSPS) is 11.1. The maximum atomic E-state index is 11.9. The number of rotatable bonds is 3. The third kappa shape index (κ3) is 3.99. The van der Waals surface area contributed by atoms with Gasteiger partial charge in [0.25, 0.3) is 0 Å². The molecule has 0 bridgehead atoms. The summed E-state index contributed by atoms with van der Waals surface area (Å²) in [6.07, 6.45) is -4.76. The molecule has 0 unspecified atom stereocenters. The molecule has 0 amide bonds.